The number of halogens is 1. The summed E-state index contributed by atoms with van der Waals surface area (Å²) in [6, 6.07) is 14.1. The molecule has 2 aliphatic rings. The van der Waals surface area contributed by atoms with Crippen molar-refractivity contribution in [3.63, 3.8) is 0 Å². The van der Waals surface area contributed by atoms with Crippen molar-refractivity contribution in [2.24, 2.45) is 10.9 Å². The summed E-state index contributed by atoms with van der Waals surface area (Å²) < 4.78 is 26.1. The molecule has 0 radical (unpaired) electrons. The highest BCUT2D eigenvalue weighted by Gasteiger charge is 2.49. The van der Waals surface area contributed by atoms with Gasteiger partial charge in [0, 0.05) is 17.7 Å². The first kappa shape index (κ1) is 25.5. The quantitative estimate of drug-likeness (QED) is 0.581. The molecular formula is C27H33FN2O4S. The summed E-state index contributed by atoms with van der Waals surface area (Å²) in [5.41, 5.74) is -0.285. The molecule has 1 aliphatic heterocycles. The smallest absolute Gasteiger partial charge is 0.416 e. The first-order valence-corrected chi connectivity index (χ1v) is 12.9. The van der Waals surface area contributed by atoms with Gasteiger partial charge >= 0.3 is 6.09 Å². The summed E-state index contributed by atoms with van der Waals surface area (Å²) in [4.78, 5) is 20.0. The van der Waals surface area contributed by atoms with E-state index in [4.69, 9.17) is 14.5 Å². The summed E-state index contributed by atoms with van der Waals surface area (Å²) >= 11 is 1.48. The van der Waals surface area contributed by atoms with Crippen LogP contribution in [0.25, 0.3) is 0 Å². The lowest BCUT2D eigenvalue weighted by Crippen LogP contribution is -2.49. The second kappa shape index (κ2) is 10.2. The molecule has 1 aliphatic carbocycles. The Labute approximate surface area is 210 Å². The highest BCUT2D eigenvalue weighted by atomic mass is 32.2. The van der Waals surface area contributed by atoms with Gasteiger partial charge in [0.1, 0.15) is 17.2 Å². The maximum absolute atomic E-state index is 15.1. The van der Waals surface area contributed by atoms with Gasteiger partial charge in [0.25, 0.3) is 0 Å². The van der Waals surface area contributed by atoms with Gasteiger partial charge in [-0.25, -0.2) is 14.2 Å². The minimum Gasteiger partial charge on any atom is -0.497 e. The molecule has 1 amide bonds. The third kappa shape index (κ3) is 5.64. The number of hydrogen-bond donors (Lipinski definition) is 1. The van der Waals surface area contributed by atoms with Crippen LogP contribution in [0.5, 0.6) is 5.75 Å². The maximum atomic E-state index is 15.1. The largest absolute Gasteiger partial charge is 0.497 e. The number of aliphatic hydroxyl groups is 1. The molecule has 1 N–H and O–H groups in total. The molecule has 6 nitrogen and oxygen atoms in total. The second-order valence-corrected chi connectivity index (χ2v) is 11.1. The number of rotatable bonds is 4. The van der Waals surface area contributed by atoms with E-state index in [0.29, 0.717) is 29.3 Å². The van der Waals surface area contributed by atoms with Crippen LogP contribution in [0.2, 0.25) is 0 Å². The van der Waals surface area contributed by atoms with E-state index in [0.717, 1.165) is 17.7 Å². The summed E-state index contributed by atoms with van der Waals surface area (Å²) in [6.07, 6.45) is 0.611. The van der Waals surface area contributed by atoms with Crippen molar-refractivity contribution in [1.82, 2.24) is 4.90 Å². The number of aliphatic hydroxyl groups excluding tert-OH is 1. The van der Waals surface area contributed by atoms with E-state index in [1.165, 1.54) is 22.7 Å². The molecule has 3 atom stereocenters. The number of carbonyl (C=O) groups is 1. The number of amides is 1. The number of hydrogen-bond acceptors (Lipinski definition) is 6. The van der Waals surface area contributed by atoms with Gasteiger partial charge in [-0.1, -0.05) is 42.1 Å². The van der Waals surface area contributed by atoms with Crippen molar-refractivity contribution in [3.8, 4) is 5.75 Å². The van der Waals surface area contributed by atoms with Crippen LogP contribution in [0, 0.1) is 11.7 Å². The molecule has 0 bridgehead atoms. The fourth-order valence-corrected chi connectivity index (χ4v) is 6.09. The number of thioether (sulfide) groups is 1. The lowest BCUT2D eigenvalue weighted by atomic mass is 9.68. The van der Waals surface area contributed by atoms with Crippen LogP contribution in [0.1, 0.15) is 51.2 Å². The number of fused-ring (bicyclic) bond motifs is 1. The SMILES string of the molecule is COc1ccc(CN(C(=O)OC(C)(C)C)C2=NC3(c4ccccc4F)CC(O)CCC3CS2)cc1. The average molecular weight is 501 g/mol. The number of ether oxygens (including phenoxy) is 2. The monoisotopic (exact) mass is 500 g/mol. The third-order valence-electron chi connectivity index (χ3n) is 6.46. The lowest BCUT2D eigenvalue weighted by molar-refractivity contribution is 0.0351. The Kier molecular flexibility index (Phi) is 7.43. The van der Waals surface area contributed by atoms with E-state index in [1.54, 1.807) is 25.3 Å². The summed E-state index contributed by atoms with van der Waals surface area (Å²) in [7, 11) is 1.60. The molecule has 1 fully saturated rings. The molecule has 3 unspecified atom stereocenters. The van der Waals surface area contributed by atoms with E-state index in [2.05, 4.69) is 0 Å². The minimum absolute atomic E-state index is 0.0537. The zero-order chi connectivity index (χ0) is 25.2. The Morgan fingerprint density at radius 2 is 1.91 bits per heavy atom. The van der Waals surface area contributed by atoms with Crippen molar-refractivity contribution in [2.75, 3.05) is 12.9 Å². The Hall–Kier alpha value is -2.58. The van der Waals surface area contributed by atoms with Gasteiger partial charge in [0.2, 0.25) is 0 Å². The average Bonchev–Trinajstić information content (AvgIpc) is 2.81. The fraction of sp³-hybridized carbons (Fsp3) is 0.481. The molecule has 0 spiro atoms. The summed E-state index contributed by atoms with van der Waals surface area (Å²) in [5.74, 6) is 1.10. The van der Waals surface area contributed by atoms with Crippen molar-refractivity contribution >= 4 is 23.0 Å². The van der Waals surface area contributed by atoms with Crippen LogP contribution >= 0.6 is 11.8 Å². The van der Waals surface area contributed by atoms with E-state index in [1.807, 2.05) is 45.0 Å². The molecule has 0 saturated heterocycles. The number of methoxy groups -OCH3 is 1. The minimum atomic E-state index is -0.941. The van der Waals surface area contributed by atoms with Crippen molar-refractivity contribution in [3.05, 3.63) is 65.5 Å². The number of nitrogens with zero attached hydrogens (tertiary/aromatic N) is 2. The topological polar surface area (TPSA) is 71.4 Å². The van der Waals surface area contributed by atoms with Gasteiger partial charge < -0.3 is 14.6 Å². The van der Waals surface area contributed by atoms with Gasteiger partial charge in [0.15, 0.2) is 5.17 Å². The number of amidine groups is 1. The van der Waals surface area contributed by atoms with Crippen LogP contribution in [0.3, 0.4) is 0 Å². The van der Waals surface area contributed by atoms with Gasteiger partial charge in [-0.15, -0.1) is 0 Å². The van der Waals surface area contributed by atoms with Gasteiger partial charge in [0.05, 0.1) is 25.3 Å². The highest BCUT2D eigenvalue weighted by molar-refractivity contribution is 8.13. The standard InChI is InChI=1S/C27H33FN2O4S/c1-26(2,3)34-25(32)30(16-18-9-13-21(33-4)14-10-18)24-29-27(22-7-5-6-8-23(22)28)15-20(31)12-11-19(27)17-35-24/h5-10,13-14,19-20,31H,11-12,15-17H2,1-4H3. The van der Waals surface area contributed by atoms with Crippen LogP contribution < -0.4 is 4.74 Å². The summed E-state index contributed by atoms with van der Waals surface area (Å²) in [6.45, 7) is 5.70. The first-order valence-electron chi connectivity index (χ1n) is 11.9. The molecule has 35 heavy (non-hydrogen) atoms. The highest BCUT2D eigenvalue weighted by Crippen LogP contribution is 2.50. The number of carbonyl (C=O) groups excluding carboxylic acids is 1. The molecule has 1 saturated carbocycles. The molecular weight excluding hydrogens is 467 g/mol. The fourth-order valence-electron chi connectivity index (χ4n) is 4.78. The predicted octanol–water partition coefficient (Wildman–Crippen LogP) is 5.73. The molecule has 0 aromatic heterocycles. The molecule has 1 heterocycles. The van der Waals surface area contributed by atoms with Gasteiger partial charge in [-0.3, -0.25) is 4.90 Å². The number of aliphatic imine (C=N–C) groups is 1. The van der Waals surface area contributed by atoms with Crippen molar-refractivity contribution in [2.45, 2.75) is 63.8 Å². The van der Waals surface area contributed by atoms with E-state index >= 15 is 4.39 Å². The second-order valence-electron chi connectivity index (χ2n) is 10.2. The Morgan fingerprint density at radius 1 is 1.20 bits per heavy atom. The molecule has 188 valence electrons. The van der Waals surface area contributed by atoms with Crippen LogP contribution in [-0.2, 0) is 16.8 Å². The Balaban J connectivity index is 1.78. The first-order chi connectivity index (χ1) is 16.6. The lowest BCUT2D eigenvalue weighted by Gasteiger charge is -2.47. The molecule has 2 aromatic carbocycles. The zero-order valence-corrected chi connectivity index (χ0v) is 21.5. The van der Waals surface area contributed by atoms with Gasteiger partial charge in [-0.2, -0.15) is 0 Å². The Bertz CT molecular complexity index is 1090. The van der Waals surface area contributed by atoms with Crippen molar-refractivity contribution < 1.29 is 23.8 Å². The van der Waals surface area contributed by atoms with E-state index in [9.17, 15) is 9.90 Å². The van der Waals surface area contributed by atoms with E-state index in [-0.39, 0.29) is 18.3 Å². The van der Waals surface area contributed by atoms with Crippen LogP contribution in [0.4, 0.5) is 9.18 Å². The molecule has 2 aromatic rings. The molecule has 4 rings (SSSR count). The van der Waals surface area contributed by atoms with Crippen LogP contribution in [-0.4, -0.2) is 45.8 Å². The number of benzene rings is 2. The van der Waals surface area contributed by atoms with Crippen LogP contribution in [0.15, 0.2) is 53.5 Å². The molecule has 8 heteroatoms. The maximum Gasteiger partial charge on any atom is 0.416 e. The predicted molar refractivity (Wildman–Crippen MR) is 136 cm³/mol. The Morgan fingerprint density at radius 3 is 2.57 bits per heavy atom. The normalized spacial score (nSPS) is 24.2. The van der Waals surface area contributed by atoms with Gasteiger partial charge in [-0.05, 0) is 63.3 Å². The van der Waals surface area contributed by atoms with Crippen molar-refractivity contribution in [1.29, 1.82) is 0 Å². The summed E-state index contributed by atoms with van der Waals surface area (Å²) in [5, 5.41) is 11.1. The zero-order valence-electron chi connectivity index (χ0n) is 20.7. The third-order valence-corrected chi connectivity index (χ3v) is 7.60. The van der Waals surface area contributed by atoms with E-state index < -0.39 is 23.3 Å².